The summed E-state index contributed by atoms with van der Waals surface area (Å²) in [5.41, 5.74) is 2.94. The second kappa shape index (κ2) is 7.12. The van der Waals surface area contributed by atoms with Crippen molar-refractivity contribution in [3.8, 4) is 0 Å². The molecule has 0 amide bonds. The zero-order chi connectivity index (χ0) is 16.5. The number of hydrogen-bond acceptors (Lipinski definition) is 3. The number of benzene rings is 1. The van der Waals surface area contributed by atoms with Gasteiger partial charge in [-0.25, -0.2) is 0 Å². The molecule has 4 rings (SSSR count). The maximum Gasteiger partial charge on any atom is 0.0306 e. The summed E-state index contributed by atoms with van der Waals surface area (Å²) in [6, 6.07) is 7.07. The summed E-state index contributed by atoms with van der Waals surface area (Å²) in [7, 11) is 2.24. The maximum absolute atomic E-state index is 2.79. The minimum atomic E-state index is -0.319. The third kappa shape index (κ3) is 3.13. The molecule has 2 unspecified atom stereocenters. The predicted octanol–water partition coefficient (Wildman–Crippen LogP) is 4.21. The number of thioether (sulfide) groups is 1. The Bertz CT molecular complexity index is 700. The molecule has 0 spiro atoms. The van der Waals surface area contributed by atoms with Crippen LogP contribution in [0, 0.1) is 0 Å². The van der Waals surface area contributed by atoms with Crippen molar-refractivity contribution < 1.29 is 0 Å². The van der Waals surface area contributed by atoms with E-state index >= 15 is 0 Å². The molecule has 128 valence electrons. The number of thiol groups is 1. The van der Waals surface area contributed by atoms with Crippen molar-refractivity contribution in [1.29, 1.82) is 0 Å². The molecule has 2 heterocycles. The Morgan fingerprint density at radius 3 is 2.75 bits per heavy atom. The van der Waals surface area contributed by atoms with Gasteiger partial charge in [0.2, 0.25) is 0 Å². The third-order valence-corrected chi connectivity index (χ3v) is 8.90. The summed E-state index contributed by atoms with van der Waals surface area (Å²) in [5.74, 6) is 0. The van der Waals surface area contributed by atoms with Crippen molar-refractivity contribution in [2.75, 3.05) is 39.5 Å². The van der Waals surface area contributed by atoms with Gasteiger partial charge in [-0.2, -0.15) is 11.1 Å². The minimum Gasteiger partial charge on any atom is -0.304 e. The van der Waals surface area contributed by atoms with E-state index in [4.69, 9.17) is 0 Å². The van der Waals surface area contributed by atoms with E-state index in [-0.39, 0.29) is 11.1 Å². The van der Waals surface area contributed by atoms with Gasteiger partial charge < -0.3 is 4.90 Å². The van der Waals surface area contributed by atoms with E-state index in [9.17, 15) is 0 Å². The van der Waals surface area contributed by atoms with Gasteiger partial charge in [-0.3, -0.25) is 4.31 Å². The number of hydrogen-bond donors (Lipinski definition) is 1. The molecule has 24 heavy (non-hydrogen) atoms. The Morgan fingerprint density at radius 1 is 1.12 bits per heavy atom. The van der Waals surface area contributed by atoms with Crippen LogP contribution in [0.15, 0.2) is 57.9 Å². The molecule has 1 aliphatic carbocycles. The lowest BCUT2D eigenvalue weighted by Crippen LogP contribution is -2.44. The van der Waals surface area contributed by atoms with Gasteiger partial charge in [0, 0.05) is 41.2 Å². The molecule has 0 radical (unpaired) electrons. The van der Waals surface area contributed by atoms with Crippen LogP contribution < -0.4 is 0 Å². The number of piperazine rings is 1. The average molecular weight is 359 g/mol. The summed E-state index contributed by atoms with van der Waals surface area (Å²) < 4.78 is 2.79. The van der Waals surface area contributed by atoms with E-state index in [0.29, 0.717) is 5.25 Å². The lowest BCUT2D eigenvalue weighted by Gasteiger charge is -2.45. The summed E-state index contributed by atoms with van der Waals surface area (Å²) in [4.78, 5) is 5.43. The molecule has 0 saturated carbocycles. The smallest absolute Gasteiger partial charge is 0.0306 e. The summed E-state index contributed by atoms with van der Waals surface area (Å²) >= 11 is 1.54. The topological polar surface area (TPSA) is 6.48 Å². The number of likely N-dealkylation sites (N-methyl/N-ethyl adjacent to an activating group) is 1. The van der Waals surface area contributed by atoms with Gasteiger partial charge in [-0.1, -0.05) is 36.4 Å². The summed E-state index contributed by atoms with van der Waals surface area (Å²) in [6.45, 7) is 4.76. The van der Waals surface area contributed by atoms with Crippen LogP contribution >= 0.6 is 22.8 Å². The van der Waals surface area contributed by atoms with Crippen molar-refractivity contribution in [3.63, 3.8) is 0 Å². The van der Waals surface area contributed by atoms with Crippen LogP contribution in [0.2, 0.25) is 0 Å². The van der Waals surface area contributed by atoms with E-state index in [1.807, 2.05) is 11.8 Å². The SMILES string of the molecule is CSc1ccc2c(c1)[SH](N1CCN(C)CC1)C1CC=CC=C1C=C2. The maximum atomic E-state index is 2.79. The van der Waals surface area contributed by atoms with Gasteiger partial charge in [-0.05, 0) is 43.0 Å². The number of rotatable bonds is 2. The van der Waals surface area contributed by atoms with Gasteiger partial charge in [0.15, 0.2) is 0 Å². The van der Waals surface area contributed by atoms with E-state index in [2.05, 4.69) is 71.1 Å². The van der Waals surface area contributed by atoms with Crippen LogP contribution in [-0.2, 0) is 0 Å². The fraction of sp³-hybridized carbons (Fsp3) is 0.400. The molecule has 1 aromatic rings. The molecule has 0 bridgehead atoms. The first kappa shape index (κ1) is 16.5. The Hall–Kier alpha value is -0.940. The fourth-order valence-electron chi connectivity index (χ4n) is 3.75. The standard InChI is InChI=1S/C20H26N2S2/c1-21-11-13-22(14-12-21)24-19-6-4-3-5-16(19)7-8-17-9-10-18(23-2)15-20(17)24/h3-5,7-10,15,19,24H,6,11-14H2,1-2H3. The average Bonchev–Trinajstić information content (AvgIpc) is 2.79. The van der Waals surface area contributed by atoms with Crippen LogP contribution in [0.25, 0.3) is 6.08 Å². The van der Waals surface area contributed by atoms with E-state index in [0.717, 1.165) is 0 Å². The van der Waals surface area contributed by atoms with E-state index < -0.39 is 0 Å². The van der Waals surface area contributed by atoms with Crippen molar-refractivity contribution in [3.05, 3.63) is 53.6 Å². The van der Waals surface area contributed by atoms with Gasteiger partial charge >= 0.3 is 0 Å². The Balaban J connectivity index is 1.78. The second-order valence-corrected chi connectivity index (χ2v) is 9.95. The highest BCUT2D eigenvalue weighted by Gasteiger charge is 2.32. The highest BCUT2D eigenvalue weighted by Crippen LogP contribution is 2.53. The van der Waals surface area contributed by atoms with Gasteiger partial charge in [0.25, 0.3) is 0 Å². The lowest BCUT2D eigenvalue weighted by molar-refractivity contribution is 0.231. The van der Waals surface area contributed by atoms with Crippen LogP contribution in [0.3, 0.4) is 0 Å². The van der Waals surface area contributed by atoms with Crippen molar-refractivity contribution in [2.24, 2.45) is 0 Å². The van der Waals surface area contributed by atoms with Crippen molar-refractivity contribution in [2.45, 2.75) is 21.5 Å². The number of allylic oxidation sites excluding steroid dienone is 4. The molecular weight excluding hydrogens is 332 g/mol. The molecule has 0 N–H and O–H groups in total. The molecule has 1 fully saturated rings. The van der Waals surface area contributed by atoms with E-state index in [1.54, 1.807) is 4.90 Å². The van der Waals surface area contributed by atoms with Crippen LogP contribution in [0.1, 0.15) is 12.0 Å². The van der Waals surface area contributed by atoms with Gasteiger partial charge in [0.05, 0.1) is 0 Å². The quantitative estimate of drug-likeness (QED) is 0.625. The summed E-state index contributed by atoms with van der Waals surface area (Å²) in [6.07, 6.45) is 15.0. The molecule has 2 atom stereocenters. The highest BCUT2D eigenvalue weighted by molar-refractivity contribution is 8.15. The monoisotopic (exact) mass is 358 g/mol. The molecule has 1 saturated heterocycles. The van der Waals surface area contributed by atoms with Crippen LogP contribution in [0.5, 0.6) is 0 Å². The molecule has 0 aromatic heterocycles. The summed E-state index contributed by atoms with van der Waals surface area (Å²) in [5, 5.41) is 0.642. The van der Waals surface area contributed by atoms with Crippen LogP contribution in [0.4, 0.5) is 0 Å². The highest BCUT2D eigenvalue weighted by atomic mass is 32.2. The third-order valence-electron chi connectivity index (χ3n) is 5.19. The molecule has 2 aliphatic heterocycles. The number of nitrogens with zero attached hydrogens (tertiary/aromatic N) is 2. The first-order chi connectivity index (χ1) is 11.8. The van der Waals surface area contributed by atoms with E-state index in [1.165, 1.54) is 48.6 Å². The predicted molar refractivity (Wildman–Crippen MR) is 109 cm³/mol. The minimum absolute atomic E-state index is 0.319. The Labute approximate surface area is 152 Å². The Kier molecular flexibility index (Phi) is 4.90. The first-order valence-electron chi connectivity index (χ1n) is 8.72. The van der Waals surface area contributed by atoms with Gasteiger partial charge in [0.1, 0.15) is 0 Å². The van der Waals surface area contributed by atoms with Crippen molar-refractivity contribution in [1.82, 2.24) is 9.21 Å². The van der Waals surface area contributed by atoms with Crippen LogP contribution in [-0.4, -0.2) is 53.9 Å². The zero-order valence-electron chi connectivity index (χ0n) is 14.5. The molecule has 4 heteroatoms. The first-order valence-corrected chi connectivity index (χ1v) is 11.3. The second-order valence-electron chi connectivity index (χ2n) is 6.71. The van der Waals surface area contributed by atoms with Gasteiger partial charge in [-0.15, -0.1) is 11.8 Å². The molecule has 2 nitrogen and oxygen atoms in total. The fourth-order valence-corrected chi connectivity index (χ4v) is 7.38. The Morgan fingerprint density at radius 2 is 1.96 bits per heavy atom. The lowest BCUT2D eigenvalue weighted by atomic mass is 10.0. The van der Waals surface area contributed by atoms with Crippen molar-refractivity contribution >= 4 is 28.9 Å². The molecule has 1 aromatic carbocycles. The molecule has 3 aliphatic rings. The number of fused-ring (bicyclic) bond motifs is 2. The molecular formula is C20H26N2S2. The zero-order valence-corrected chi connectivity index (χ0v) is 16.2. The normalized spacial score (nSPS) is 28.8. The largest absolute Gasteiger partial charge is 0.304 e.